The van der Waals surface area contributed by atoms with Crippen molar-refractivity contribution in [2.24, 2.45) is 0 Å². The second-order valence-corrected chi connectivity index (χ2v) is 5.30. The Hall–Kier alpha value is -1.08. The Kier molecular flexibility index (Phi) is 5.47. The van der Waals surface area contributed by atoms with Gasteiger partial charge in [0.05, 0.1) is 0 Å². The highest BCUT2D eigenvalue weighted by atomic mass is 14.9. The van der Waals surface area contributed by atoms with Crippen LogP contribution >= 0.6 is 0 Å². The molecule has 0 heterocycles. The fourth-order valence-corrected chi connectivity index (χ4v) is 2.63. The molecule has 1 atom stereocenters. The summed E-state index contributed by atoms with van der Waals surface area (Å²) in [5.41, 5.74) is 3.07. The maximum absolute atomic E-state index is 3.61. The Morgan fingerprint density at radius 1 is 1.17 bits per heavy atom. The van der Waals surface area contributed by atoms with E-state index in [1.807, 2.05) is 0 Å². The molecule has 0 saturated heterocycles. The molecule has 1 nitrogen and oxygen atoms in total. The number of benzene rings is 1. The molecule has 1 unspecified atom stereocenters. The molecular formula is C17H25N. The van der Waals surface area contributed by atoms with Crippen LogP contribution in [0.15, 0.2) is 42.0 Å². The molecule has 0 saturated carbocycles. The lowest BCUT2D eigenvalue weighted by molar-refractivity contribution is 0.550. The summed E-state index contributed by atoms with van der Waals surface area (Å²) in [7, 11) is 0. The lowest BCUT2D eigenvalue weighted by Gasteiger charge is -2.16. The number of allylic oxidation sites excluding steroid dienone is 2. The first-order valence-electron chi connectivity index (χ1n) is 7.32. The van der Waals surface area contributed by atoms with E-state index in [2.05, 4.69) is 48.6 Å². The van der Waals surface area contributed by atoms with E-state index >= 15 is 0 Å². The van der Waals surface area contributed by atoms with E-state index in [1.165, 1.54) is 44.1 Å². The van der Waals surface area contributed by atoms with E-state index in [0.717, 1.165) is 6.54 Å². The van der Waals surface area contributed by atoms with Crippen molar-refractivity contribution in [3.8, 4) is 0 Å². The van der Waals surface area contributed by atoms with Crippen LogP contribution in [0.4, 0.5) is 0 Å². The topological polar surface area (TPSA) is 12.0 Å². The maximum atomic E-state index is 3.61. The van der Waals surface area contributed by atoms with Gasteiger partial charge in [-0.1, -0.05) is 42.0 Å². The number of hydrogen-bond donors (Lipinski definition) is 1. The van der Waals surface area contributed by atoms with Gasteiger partial charge >= 0.3 is 0 Å². The maximum Gasteiger partial charge on any atom is 0.0291 e. The number of hydrogen-bond acceptors (Lipinski definition) is 1. The molecule has 1 aromatic carbocycles. The minimum atomic E-state index is 0.464. The smallest absolute Gasteiger partial charge is 0.0291 e. The van der Waals surface area contributed by atoms with Gasteiger partial charge in [0.1, 0.15) is 0 Å². The summed E-state index contributed by atoms with van der Waals surface area (Å²) in [4.78, 5) is 0. The van der Waals surface area contributed by atoms with Crippen molar-refractivity contribution < 1.29 is 0 Å². The van der Waals surface area contributed by atoms with Gasteiger partial charge in [-0.2, -0.15) is 0 Å². The third kappa shape index (κ3) is 4.30. The molecule has 0 aliphatic heterocycles. The molecule has 2 rings (SSSR count). The molecule has 0 radical (unpaired) electrons. The normalized spacial score (nSPS) is 17.3. The zero-order valence-electron chi connectivity index (χ0n) is 11.5. The molecular weight excluding hydrogens is 218 g/mol. The molecule has 1 aliphatic rings. The van der Waals surface area contributed by atoms with Gasteiger partial charge in [-0.25, -0.2) is 0 Å². The summed E-state index contributed by atoms with van der Waals surface area (Å²) in [6.07, 6.45) is 10.5. The number of rotatable bonds is 6. The average molecular weight is 243 g/mol. The van der Waals surface area contributed by atoms with Crippen molar-refractivity contribution in [2.45, 2.75) is 51.5 Å². The van der Waals surface area contributed by atoms with E-state index in [1.54, 1.807) is 5.57 Å². The van der Waals surface area contributed by atoms with Gasteiger partial charge in [-0.3, -0.25) is 0 Å². The third-order valence-electron chi connectivity index (χ3n) is 3.81. The first kappa shape index (κ1) is 13.4. The molecule has 0 amide bonds. The first-order valence-corrected chi connectivity index (χ1v) is 7.32. The summed E-state index contributed by atoms with van der Waals surface area (Å²) < 4.78 is 0. The molecule has 18 heavy (non-hydrogen) atoms. The zero-order valence-corrected chi connectivity index (χ0v) is 11.5. The van der Waals surface area contributed by atoms with Crippen molar-refractivity contribution in [3.63, 3.8) is 0 Å². The van der Waals surface area contributed by atoms with Gasteiger partial charge < -0.3 is 5.32 Å². The summed E-state index contributed by atoms with van der Waals surface area (Å²) in [6, 6.07) is 11.2. The zero-order chi connectivity index (χ0) is 12.6. The predicted molar refractivity (Wildman–Crippen MR) is 78.6 cm³/mol. The van der Waals surface area contributed by atoms with E-state index in [0.29, 0.717) is 6.04 Å². The van der Waals surface area contributed by atoms with Gasteiger partial charge in [0.2, 0.25) is 0 Å². The largest absolute Gasteiger partial charge is 0.310 e. The van der Waals surface area contributed by atoms with Crippen LogP contribution in [-0.4, -0.2) is 6.54 Å². The van der Waals surface area contributed by atoms with Crippen LogP contribution in [0.25, 0.3) is 0 Å². The summed E-state index contributed by atoms with van der Waals surface area (Å²) in [5, 5.41) is 3.61. The minimum absolute atomic E-state index is 0.464. The highest BCUT2D eigenvalue weighted by molar-refractivity contribution is 5.18. The molecule has 1 heteroatoms. The molecule has 0 aromatic heterocycles. The lowest BCUT2D eigenvalue weighted by Crippen LogP contribution is -2.19. The van der Waals surface area contributed by atoms with Gasteiger partial charge in [-0.05, 0) is 57.6 Å². The summed E-state index contributed by atoms with van der Waals surface area (Å²) >= 11 is 0. The molecule has 0 spiro atoms. The van der Waals surface area contributed by atoms with Crippen LogP contribution in [0.3, 0.4) is 0 Å². The van der Waals surface area contributed by atoms with Crippen LogP contribution in [0.5, 0.6) is 0 Å². The molecule has 0 fully saturated rings. The van der Waals surface area contributed by atoms with Crippen LogP contribution in [0, 0.1) is 0 Å². The monoisotopic (exact) mass is 243 g/mol. The Balaban J connectivity index is 1.65. The number of nitrogens with one attached hydrogen (secondary N) is 1. The Bertz CT molecular complexity index is 366. The second kappa shape index (κ2) is 7.38. The van der Waals surface area contributed by atoms with Gasteiger partial charge in [-0.15, -0.1) is 0 Å². The molecule has 98 valence electrons. The van der Waals surface area contributed by atoms with Crippen molar-refractivity contribution in [1.82, 2.24) is 5.32 Å². The van der Waals surface area contributed by atoms with E-state index < -0.39 is 0 Å². The van der Waals surface area contributed by atoms with Gasteiger partial charge in [0, 0.05) is 6.04 Å². The molecule has 1 aliphatic carbocycles. The first-order chi connectivity index (χ1) is 8.86. The Morgan fingerprint density at radius 2 is 2.00 bits per heavy atom. The SMILES string of the molecule is CC(NCCCC1=CCCCC1)c1ccccc1. The average Bonchev–Trinajstić information content (AvgIpc) is 2.45. The summed E-state index contributed by atoms with van der Waals surface area (Å²) in [6.45, 7) is 3.36. The van der Waals surface area contributed by atoms with Crippen molar-refractivity contribution in [3.05, 3.63) is 47.5 Å². The quantitative estimate of drug-likeness (QED) is 0.568. The summed E-state index contributed by atoms with van der Waals surface area (Å²) in [5.74, 6) is 0. The van der Waals surface area contributed by atoms with E-state index in [-0.39, 0.29) is 0 Å². The van der Waals surface area contributed by atoms with Crippen LogP contribution in [0.1, 0.15) is 57.1 Å². The fraction of sp³-hybridized carbons (Fsp3) is 0.529. The fourth-order valence-electron chi connectivity index (χ4n) is 2.63. The van der Waals surface area contributed by atoms with Crippen molar-refractivity contribution in [1.29, 1.82) is 0 Å². The van der Waals surface area contributed by atoms with Crippen LogP contribution in [0.2, 0.25) is 0 Å². The lowest BCUT2D eigenvalue weighted by atomic mass is 9.96. The van der Waals surface area contributed by atoms with Crippen LogP contribution < -0.4 is 5.32 Å². The molecule has 1 aromatic rings. The highest BCUT2D eigenvalue weighted by Crippen LogP contribution is 2.21. The van der Waals surface area contributed by atoms with Crippen molar-refractivity contribution in [2.75, 3.05) is 6.54 Å². The van der Waals surface area contributed by atoms with Gasteiger partial charge in [0.15, 0.2) is 0 Å². The Morgan fingerprint density at radius 3 is 2.72 bits per heavy atom. The van der Waals surface area contributed by atoms with Crippen molar-refractivity contribution >= 4 is 0 Å². The van der Waals surface area contributed by atoms with Gasteiger partial charge in [0.25, 0.3) is 0 Å². The minimum Gasteiger partial charge on any atom is -0.310 e. The standard InChI is InChI=1S/C17H25N/c1-15(17-12-6-3-7-13-17)18-14-8-11-16-9-4-2-5-10-16/h3,6-7,9,12-13,15,18H,2,4-5,8,10-11,14H2,1H3. The van der Waals surface area contributed by atoms with Crippen LogP contribution in [-0.2, 0) is 0 Å². The molecule has 1 N–H and O–H groups in total. The second-order valence-electron chi connectivity index (χ2n) is 5.30. The highest BCUT2D eigenvalue weighted by Gasteiger charge is 2.05. The third-order valence-corrected chi connectivity index (χ3v) is 3.81. The van der Waals surface area contributed by atoms with E-state index in [4.69, 9.17) is 0 Å². The molecule has 0 bridgehead atoms. The van der Waals surface area contributed by atoms with E-state index in [9.17, 15) is 0 Å². The predicted octanol–water partition coefficient (Wildman–Crippen LogP) is 4.62. The Labute approximate surface area is 111 Å².